The standard InChI is InChI=1S/C27H29N3O4S/c1-32-24-15-13-19(16-25(24)33-2)26(31)34-23-14-12-18-8-6-7-11-21(18)22(23)17-28-30-27(35)29-20-9-4-3-5-10-20/h6-8,11-17,20H,3-5,9-10H2,1-2H3,(H2,29,30,35)/b28-17-. The Labute approximate surface area is 210 Å². The molecule has 1 saturated carbocycles. The normalized spacial score (nSPS) is 14.0. The Morgan fingerprint density at radius 2 is 1.71 bits per heavy atom. The van der Waals surface area contributed by atoms with Crippen molar-refractivity contribution in [1.29, 1.82) is 0 Å². The lowest BCUT2D eigenvalue weighted by Gasteiger charge is -2.23. The van der Waals surface area contributed by atoms with Crippen molar-refractivity contribution >= 4 is 40.3 Å². The van der Waals surface area contributed by atoms with E-state index < -0.39 is 5.97 Å². The highest BCUT2D eigenvalue weighted by atomic mass is 32.1. The van der Waals surface area contributed by atoms with Crippen LogP contribution in [0, 0.1) is 0 Å². The Kier molecular flexibility index (Phi) is 8.15. The number of ether oxygens (including phenoxy) is 3. The summed E-state index contributed by atoms with van der Waals surface area (Å²) in [5, 5.41) is 10.1. The van der Waals surface area contributed by atoms with Gasteiger partial charge in [0, 0.05) is 11.6 Å². The molecule has 0 bridgehead atoms. The van der Waals surface area contributed by atoms with Crippen molar-refractivity contribution in [3.8, 4) is 17.2 Å². The van der Waals surface area contributed by atoms with Gasteiger partial charge in [-0.1, -0.05) is 49.6 Å². The number of hydrogen-bond donors (Lipinski definition) is 2. The summed E-state index contributed by atoms with van der Waals surface area (Å²) in [4.78, 5) is 13.0. The van der Waals surface area contributed by atoms with E-state index in [4.69, 9.17) is 26.4 Å². The first kappa shape index (κ1) is 24.5. The third kappa shape index (κ3) is 6.08. The Balaban J connectivity index is 1.55. The predicted molar refractivity (Wildman–Crippen MR) is 142 cm³/mol. The molecule has 0 aliphatic heterocycles. The van der Waals surface area contributed by atoms with E-state index in [0.29, 0.717) is 39.5 Å². The van der Waals surface area contributed by atoms with Crippen LogP contribution >= 0.6 is 12.2 Å². The SMILES string of the molecule is COc1ccc(C(=O)Oc2ccc3ccccc3c2/C=N\NC(=S)NC2CCCCC2)cc1OC. The lowest BCUT2D eigenvalue weighted by Crippen LogP contribution is -2.40. The molecule has 7 nitrogen and oxygen atoms in total. The molecular weight excluding hydrogens is 462 g/mol. The number of methoxy groups -OCH3 is 2. The third-order valence-electron chi connectivity index (χ3n) is 6.05. The minimum Gasteiger partial charge on any atom is -0.493 e. The minimum absolute atomic E-state index is 0.342. The molecule has 3 aromatic carbocycles. The average Bonchev–Trinajstić information content (AvgIpc) is 2.89. The molecule has 1 aliphatic carbocycles. The summed E-state index contributed by atoms with van der Waals surface area (Å²) in [6.07, 6.45) is 7.58. The zero-order valence-electron chi connectivity index (χ0n) is 19.9. The lowest BCUT2D eigenvalue weighted by atomic mass is 9.96. The van der Waals surface area contributed by atoms with Gasteiger partial charge in [0.25, 0.3) is 0 Å². The van der Waals surface area contributed by atoms with E-state index in [0.717, 1.165) is 23.6 Å². The van der Waals surface area contributed by atoms with Gasteiger partial charge in [0.2, 0.25) is 0 Å². The number of esters is 1. The van der Waals surface area contributed by atoms with E-state index in [9.17, 15) is 4.79 Å². The van der Waals surface area contributed by atoms with E-state index in [1.54, 1.807) is 37.6 Å². The lowest BCUT2D eigenvalue weighted by molar-refractivity contribution is 0.0734. The van der Waals surface area contributed by atoms with Crippen molar-refractivity contribution in [2.75, 3.05) is 14.2 Å². The Hall–Kier alpha value is -3.65. The first-order valence-corrected chi connectivity index (χ1v) is 12.1. The number of hydrogen-bond acceptors (Lipinski definition) is 6. The van der Waals surface area contributed by atoms with Crippen LogP contribution in [0.15, 0.2) is 59.7 Å². The second kappa shape index (κ2) is 11.7. The average molecular weight is 492 g/mol. The fourth-order valence-electron chi connectivity index (χ4n) is 4.24. The molecule has 8 heteroatoms. The van der Waals surface area contributed by atoms with Gasteiger partial charge in [-0.05, 0) is 60.1 Å². The van der Waals surface area contributed by atoms with Crippen molar-refractivity contribution in [3.63, 3.8) is 0 Å². The fraction of sp³-hybridized carbons (Fsp3) is 0.296. The molecule has 0 unspecified atom stereocenters. The van der Waals surface area contributed by atoms with E-state index in [-0.39, 0.29) is 0 Å². The van der Waals surface area contributed by atoms with Gasteiger partial charge < -0.3 is 19.5 Å². The van der Waals surface area contributed by atoms with Crippen LogP contribution in [-0.2, 0) is 0 Å². The molecule has 2 N–H and O–H groups in total. The molecule has 3 aromatic rings. The molecule has 0 aromatic heterocycles. The highest BCUT2D eigenvalue weighted by Gasteiger charge is 2.16. The van der Waals surface area contributed by atoms with E-state index in [2.05, 4.69) is 15.8 Å². The topological polar surface area (TPSA) is 81.2 Å². The Morgan fingerprint density at radius 3 is 2.49 bits per heavy atom. The maximum absolute atomic E-state index is 13.0. The molecule has 1 aliphatic rings. The molecule has 0 heterocycles. The molecule has 0 saturated heterocycles. The van der Waals surface area contributed by atoms with Crippen LogP contribution in [0.2, 0.25) is 0 Å². The summed E-state index contributed by atoms with van der Waals surface area (Å²) < 4.78 is 16.3. The number of benzene rings is 3. The maximum Gasteiger partial charge on any atom is 0.343 e. The van der Waals surface area contributed by atoms with Gasteiger partial charge >= 0.3 is 5.97 Å². The molecule has 4 rings (SSSR count). The van der Waals surface area contributed by atoms with Gasteiger partial charge in [-0.2, -0.15) is 5.10 Å². The Morgan fingerprint density at radius 1 is 0.971 bits per heavy atom. The number of thiocarbonyl (C=S) groups is 1. The summed E-state index contributed by atoms with van der Waals surface area (Å²) in [6.45, 7) is 0. The summed E-state index contributed by atoms with van der Waals surface area (Å²) >= 11 is 5.41. The number of carbonyl (C=O) groups is 1. The number of rotatable bonds is 7. The summed E-state index contributed by atoms with van der Waals surface area (Å²) in [6, 6.07) is 16.8. The zero-order valence-corrected chi connectivity index (χ0v) is 20.7. The van der Waals surface area contributed by atoms with Crippen molar-refractivity contribution < 1.29 is 19.0 Å². The monoisotopic (exact) mass is 491 g/mol. The predicted octanol–water partition coefficient (Wildman–Crippen LogP) is 5.21. The van der Waals surface area contributed by atoms with Gasteiger partial charge in [0.1, 0.15) is 5.75 Å². The Bertz CT molecular complexity index is 1240. The summed E-state index contributed by atoms with van der Waals surface area (Å²) in [5.74, 6) is 0.857. The molecule has 0 atom stereocenters. The van der Waals surface area contributed by atoms with Crippen LogP contribution in [0.1, 0.15) is 48.0 Å². The molecule has 0 spiro atoms. The van der Waals surface area contributed by atoms with Gasteiger partial charge in [-0.25, -0.2) is 4.79 Å². The van der Waals surface area contributed by atoms with Gasteiger partial charge in [-0.15, -0.1) is 0 Å². The quantitative estimate of drug-likeness (QED) is 0.154. The zero-order chi connectivity index (χ0) is 24.6. The molecule has 182 valence electrons. The number of hydrazone groups is 1. The van der Waals surface area contributed by atoms with Crippen LogP contribution in [-0.4, -0.2) is 37.6 Å². The molecule has 0 amide bonds. The van der Waals surface area contributed by atoms with Crippen LogP contribution in [0.4, 0.5) is 0 Å². The second-order valence-corrected chi connectivity index (χ2v) is 8.74. The van der Waals surface area contributed by atoms with Gasteiger partial charge in [0.15, 0.2) is 16.6 Å². The number of fused-ring (bicyclic) bond motifs is 1. The smallest absolute Gasteiger partial charge is 0.343 e. The molecular formula is C27H29N3O4S. The highest BCUT2D eigenvalue weighted by molar-refractivity contribution is 7.80. The number of carbonyl (C=O) groups excluding carboxylic acids is 1. The van der Waals surface area contributed by atoms with Crippen molar-refractivity contribution in [1.82, 2.24) is 10.7 Å². The highest BCUT2D eigenvalue weighted by Crippen LogP contribution is 2.30. The largest absolute Gasteiger partial charge is 0.493 e. The first-order valence-electron chi connectivity index (χ1n) is 11.6. The van der Waals surface area contributed by atoms with E-state index in [1.807, 2.05) is 30.3 Å². The van der Waals surface area contributed by atoms with Crippen molar-refractivity contribution in [3.05, 3.63) is 65.7 Å². The van der Waals surface area contributed by atoms with Crippen LogP contribution < -0.4 is 25.0 Å². The number of nitrogens with zero attached hydrogens (tertiary/aromatic N) is 1. The van der Waals surface area contributed by atoms with Crippen molar-refractivity contribution in [2.45, 2.75) is 38.1 Å². The summed E-state index contributed by atoms with van der Waals surface area (Å²) in [5.41, 5.74) is 3.92. The molecule has 0 radical (unpaired) electrons. The van der Waals surface area contributed by atoms with Crippen LogP contribution in [0.5, 0.6) is 17.2 Å². The first-order chi connectivity index (χ1) is 17.1. The minimum atomic E-state index is -0.515. The van der Waals surface area contributed by atoms with E-state index in [1.165, 1.54) is 26.4 Å². The molecule has 1 fully saturated rings. The van der Waals surface area contributed by atoms with Crippen LogP contribution in [0.3, 0.4) is 0 Å². The van der Waals surface area contributed by atoms with Crippen LogP contribution in [0.25, 0.3) is 10.8 Å². The maximum atomic E-state index is 13.0. The van der Waals surface area contributed by atoms with Gasteiger partial charge in [0.05, 0.1) is 26.0 Å². The fourth-order valence-corrected chi connectivity index (χ4v) is 4.46. The second-order valence-electron chi connectivity index (χ2n) is 8.34. The number of nitrogens with one attached hydrogen (secondary N) is 2. The van der Waals surface area contributed by atoms with Gasteiger partial charge in [-0.3, -0.25) is 5.43 Å². The molecule has 35 heavy (non-hydrogen) atoms. The summed E-state index contributed by atoms with van der Waals surface area (Å²) in [7, 11) is 3.06. The van der Waals surface area contributed by atoms with E-state index >= 15 is 0 Å². The third-order valence-corrected chi connectivity index (χ3v) is 6.26. The van der Waals surface area contributed by atoms with Crippen molar-refractivity contribution in [2.24, 2.45) is 5.10 Å².